The number of aromatic hydroxyl groups is 1. The number of phenols is 1. The van der Waals surface area contributed by atoms with Crippen LogP contribution in [0.25, 0.3) is 0 Å². The first-order chi connectivity index (χ1) is 13.0. The van der Waals surface area contributed by atoms with E-state index in [1.807, 2.05) is 0 Å². The van der Waals surface area contributed by atoms with Gasteiger partial charge in [0.2, 0.25) is 5.91 Å². The van der Waals surface area contributed by atoms with E-state index in [1.165, 1.54) is 7.11 Å². The number of phenolic OH excluding ortho intramolecular Hbond substituents is 1. The van der Waals surface area contributed by atoms with Crippen LogP contribution in [0.2, 0.25) is 0 Å². The largest absolute Gasteiger partial charge is 0.503 e. The maximum absolute atomic E-state index is 10.9. The molecule has 27 heavy (non-hydrogen) atoms. The van der Waals surface area contributed by atoms with Gasteiger partial charge < -0.3 is 30.0 Å². The van der Waals surface area contributed by atoms with E-state index in [-0.39, 0.29) is 35.7 Å². The Bertz CT molecular complexity index is 827. The minimum Gasteiger partial charge on any atom is -0.503 e. The van der Waals surface area contributed by atoms with Gasteiger partial charge in [-0.25, -0.2) is 0 Å². The minimum atomic E-state index is -0.379. The summed E-state index contributed by atoms with van der Waals surface area (Å²) in [6.45, 7) is 0.0490. The summed E-state index contributed by atoms with van der Waals surface area (Å²) in [6.07, 6.45) is 0. The number of hydrogen-bond donors (Lipinski definition) is 3. The van der Waals surface area contributed by atoms with Gasteiger partial charge in [0.05, 0.1) is 25.6 Å². The van der Waals surface area contributed by atoms with Gasteiger partial charge in [-0.1, -0.05) is 12.1 Å². The number of hydrogen-bond acceptors (Lipinski definition) is 6. The van der Waals surface area contributed by atoms with Crippen LogP contribution < -0.4 is 24.8 Å². The van der Waals surface area contributed by atoms with E-state index in [2.05, 4.69) is 10.6 Å². The standard InChI is InChI=1S/C9H10ClNO3.C9H9NO3/c1-14-7-4-2-3-6(9(7)13)11-8(12)5-10;1-12-7-4-2-3-6-9(7)13-5-8(11)10-6/h2-4,13H,5H2,1H3,(H,11,12);2-4H,5H2,1H3,(H,10,11). The lowest BCUT2D eigenvalue weighted by Crippen LogP contribution is -2.25. The summed E-state index contributed by atoms with van der Waals surface area (Å²) < 4.78 is 15.2. The van der Waals surface area contributed by atoms with E-state index in [9.17, 15) is 14.7 Å². The Kier molecular flexibility index (Phi) is 7.13. The van der Waals surface area contributed by atoms with Gasteiger partial charge >= 0.3 is 0 Å². The second-order valence-corrected chi connectivity index (χ2v) is 5.48. The van der Waals surface area contributed by atoms with Gasteiger partial charge in [0.1, 0.15) is 5.88 Å². The molecule has 9 heteroatoms. The number of carbonyl (C=O) groups is 2. The molecule has 8 nitrogen and oxygen atoms in total. The molecular formula is C18H19ClN2O6. The van der Waals surface area contributed by atoms with Crippen molar-refractivity contribution in [1.82, 2.24) is 0 Å². The lowest BCUT2D eigenvalue weighted by atomic mass is 10.2. The molecule has 1 aliphatic heterocycles. The summed E-state index contributed by atoms with van der Waals surface area (Å²) in [5.41, 5.74) is 0.950. The molecule has 0 fully saturated rings. The van der Waals surface area contributed by atoms with Gasteiger partial charge in [-0.3, -0.25) is 9.59 Å². The van der Waals surface area contributed by atoms with Crippen molar-refractivity contribution in [1.29, 1.82) is 0 Å². The molecule has 0 aromatic heterocycles. The van der Waals surface area contributed by atoms with Crippen molar-refractivity contribution in [2.45, 2.75) is 0 Å². The molecule has 0 saturated heterocycles. The minimum absolute atomic E-state index is 0.0490. The number of methoxy groups -OCH3 is 2. The van der Waals surface area contributed by atoms with E-state index in [4.69, 9.17) is 25.8 Å². The summed E-state index contributed by atoms with van der Waals surface area (Å²) in [5.74, 6) is 0.764. The first-order valence-corrected chi connectivity index (χ1v) is 8.35. The molecule has 0 aliphatic carbocycles. The average Bonchev–Trinajstić information content (AvgIpc) is 2.69. The molecule has 0 spiro atoms. The number of rotatable bonds is 4. The first kappa shape index (κ1) is 20.2. The molecule has 3 rings (SSSR count). The number of carbonyl (C=O) groups excluding carboxylic acids is 2. The van der Waals surface area contributed by atoms with Crippen molar-refractivity contribution in [3.63, 3.8) is 0 Å². The molecule has 3 N–H and O–H groups in total. The number of para-hydroxylation sites is 2. The summed E-state index contributed by atoms with van der Waals surface area (Å²) in [6, 6.07) is 10.2. The lowest BCUT2D eigenvalue weighted by Gasteiger charge is -2.19. The van der Waals surface area contributed by atoms with Crippen molar-refractivity contribution in [2.75, 3.05) is 37.3 Å². The van der Waals surface area contributed by atoms with E-state index >= 15 is 0 Å². The number of benzene rings is 2. The number of fused-ring (bicyclic) bond motifs is 1. The monoisotopic (exact) mass is 394 g/mol. The fourth-order valence-corrected chi connectivity index (χ4v) is 2.29. The number of ether oxygens (including phenoxy) is 3. The zero-order chi connectivity index (χ0) is 19.8. The molecule has 2 aromatic rings. The molecule has 0 radical (unpaired) electrons. The summed E-state index contributed by atoms with van der Waals surface area (Å²) in [7, 11) is 3.00. The van der Waals surface area contributed by atoms with Crippen molar-refractivity contribution >= 4 is 34.8 Å². The van der Waals surface area contributed by atoms with Crippen molar-refractivity contribution < 1.29 is 28.9 Å². The molecule has 0 saturated carbocycles. The maximum atomic E-state index is 10.9. The number of alkyl halides is 1. The van der Waals surface area contributed by atoms with E-state index in [1.54, 1.807) is 43.5 Å². The third-order valence-corrected chi connectivity index (χ3v) is 3.68. The predicted molar refractivity (Wildman–Crippen MR) is 101 cm³/mol. The van der Waals surface area contributed by atoms with Crippen molar-refractivity contribution in [3.8, 4) is 23.0 Å². The molecule has 0 unspecified atom stereocenters. The van der Waals surface area contributed by atoms with E-state index in [0.717, 1.165) is 0 Å². The van der Waals surface area contributed by atoms with Crippen LogP contribution in [0, 0.1) is 0 Å². The molecule has 0 atom stereocenters. The molecule has 0 bridgehead atoms. The van der Waals surface area contributed by atoms with Crippen LogP contribution in [-0.4, -0.2) is 43.6 Å². The van der Waals surface area contributed by atoms with Crippen molar-refractivity contribution in [3.05, 3.63) is 36.4 Å². The number of halogens is 1. The summed E-state index contributed by atoms with van der Waals surface area (Å²) in [5, 5.41) is 14.7. The second-order valence-electron chi connectivity index (χ2n) is 5.21. The highest BCUT2D eigenvalue weighted by Crippen LogP contribution is 2.36. The number of anilines is 2. The van der Waals surface area contributed by atoms with Gasteiger partial charge in [0, 0.05) is 0 Å². The van der Waals surface area contributed by atoms with Crippen LogP contribution in [0.5, 0.6) is 23.0 Å². The van der Waals surface area contributed by atoms with E-state index < -0.39 is 0 Å². The van der Waals surface area contributed by atoms with Crippen LogP contribution in [0.15, 0.2) is 36.4 Å². The van der Waals surface area contributed by atoms with Crippen LogP contribution in [0.4, 0.5) is 11.4 Å². The third-order valence-electron chi connectivity index (χ3n) is 3.43. The Morgan fingerprint density at radius 3 is 2.56 bits per heavy atom. The summed E-state index contributed by atoms with van der Waals surface area (Å²) >= 11 is 5.30. The SMILES string of the molecule is COc1cccc(NC(=O)CCl)c1O.COc1cccc2c1OCC(=O)N2. The smallest absolute Gasteiger partial charge is 0.262 e. The third kappa shape index (κ3) is 5.18. The average molecular weight is 395 g/mol. The number of amides is 2. The quantitative estimate of drug-likeness (QED) is 0.543. The summed E-state index contributed by atoms with van der Waals surface area (Å²) in [4.78, 5) is 21.9. The normalized spacial score (nSPS) is 11.7. The Hall–Kier alpha value is -3.13. The topological polar surface area (TPSA) is 106 Å². The Morgan fingerprint density at radius 1 is 1.22 bits per heavy atom. The van der Waals surface area contributed by atoms with Crippen LogP contribution in [0.1, 0.15) is 0 Å². The first-order valence-electron chi connectivity index (χ1n) is 7.81. The van der Waals surface area contributed by atoms with E-state index in [0.29, 0.717) is 22.9 Å². The van der Waals surface area contributed by atoms with Crippen LogP contribution >= 0.6 is 11.6 Å². The number of nitrogens with one attached hydrogen (secondary N) is 2. The Balaban J connectivity index is 0.000000194. The van der Waals surface area contributed by atoms with Gasteiger partial charge in [0.15, 0.2) is 29.6 Å². The predicted octanol–water partition coefficient (Wildman–Crippen LogP) is 2.60. The van der Waals surface area contributed by atoms with Gasteiger partial charge in [0.25, 0.3) is 5.91 Å². The highest BCUT2D eigenvalue weighted by Gasteiger charge is 2.18. The fourth-order valence-electron chi connectivity index (χ4n) is 2.22. The Morgan fingerprint density at radius 2 is 1.89 bits per heavy atom. The molecule has 1 heterocycles. The lowest BCUT2D eigenvalue weighted by molar-refractivity contribution is -0.118. The highest BCUT2D eigenvalue weighted by atomic mass is 35.5. The molecular weight excluding hydrogens is 376 g/mol. The fraction of sp³-hybridized carbons (Fsp3) is 0.222. The van der Waals surface area contributed by atoms with Gasteiger partial charge in [-0.05, 0) is 24.3 Å². The Labute approximate surface area is 161 Å². The van der Waals surface area contributed by atoms with Crippen LogP contribution in [0.3, 0.4) is 0 Å². The van der Waals surface area contributed by atoms with Gasteiger partial charge in [-0.15, -0.1) is 11.6 Å². The van der Waals surface area contributed by atoms with Crippen molar-refractivity contribution in [2.24, 2.45) is 0 Å². The molecule has 2 aromatic carbocycles. The molecule has 1 aliphatic rings. The van der Waals surface area contributed by atoms with Gasteiger partial charge in [-0.2, -0.15) is 0 Å². The zero-order valence-electron chi connectivity index (χ0n) is 14.7. The van der Waals surface area contributed by atoms with Crippen LogP contribution in [-0.2, 0) is 9.59 Å². The zero-order valence-corrected chi connectivity index (χ0v) is 15.5. The molecule has 144 valence electrons. The second kappa shape index (κ2) is 9.54. The molecule has 2 amide bonds. The highest BCUT2D eigenvalue weighted by molar-refractivity contribution is 6.29. The maximum Gasteiger partial charge on any atom is 0.262 e.